The van der Waals surface area contributed by atoms with Crippen molar-refractivity contribution < 1.29 is 14.5 Å². The molecule has 12 heavy (non-hydrogen) atoms. The largest absolute Gasteiger partial charge is 0.457 e. The summed E-state index contributed by atoms with van der Waals surface area (Å²) < 4.78 is 4.76. The van der Waals surface area contributed by atoms with E-state index in [-0.39, 0.29) is 0 Å². The third-order valence-electron chi connectivity index (χ3n) is 0.739. The van der Waals surface area contributed by atoms with Gasteiger partial charge in [-0.15, -0.1) is 0 Å². The van der Waals surface area contributed by atoms with E-state index in [1.807, 2.05) is 0 Å². The van der Waals surface area contributed by atoms with Crippen molar-refractivity contribution in [2.45, 2.75) is 26.4 Å². The van der Waals surface area contributed by atoms with Crippen LogP contribution in [0.3, 0.4) is 0 Å². The SMILES string of the molecule is CC(C)(C)OC(=O)/C=C/[N+](=O)[O-]. The van der Waals surface area contributed by atoms with Gasteiger partial charge in [-0.05, 0) is 20.8 Å². The standard InChI is InChI=1S/C7H11NO4/c1-7(2,3)12-6(9)4-5-8(10)11/h4-5H,1-3H3/b5-4+. The van der Waals surface area contributed by atoms with Crippen molar-refractivity contribution in [3.63, 3.8) is 0 Å². The van der Waals surface area contributed by atoms with E-state index in [1.54, 1.807) is 20.8 Å². The van der Waals surface area contributed by atoms with Gasteiger partial charge in [0.2, 0.25) is 6.20 Å². The van der Waals surface area contributed by atoms with Crippen LogP contribution >= 0.6 is 0 Å². The van der Waals surface area contributed by atoms with E-state index in [2.05, 4.69) is 0 Å². The first-order valence-electron chi connectivity index (χ1n) is 3.36. The lowest BCUT2D eigenvalue weighted by atomic mass is 10.2. The number of hydrogen-bond donors (Lipinski definition) is 0. The van der Waals surface area contributed by atoms with E-state index in [0.29, 0.717) is 6.20 Å². The molecule has 0 N–H and O–H groups in total. The summed E-state index contributed by atoms with van der Waals surface area (Å²) in [5.41, 5.74) is -0.613. The lowest BCUT2D eigenvalue weighted by Gasteiger charge is -2.17. The minimum absolute atomic E-state index is 0.550. The van der Waals surface area contributed by atoms with Crippen molar-refractivity contribution >= 4 is 5.97 Å². The first-order chi connectivity index (χ1) is 5.31. The zero-order valence-corrected chi connectivity index (χ0v) is 7.23. The van der Waals surface area contributed by atoms with Gasteiger partial charge in [-0.1, -0.05) is 0 Å². The fourth-order valence-corrected chi connectivity index (χ4v) is 0.458. The summed E-state index contributed by atoms with van der Waals surface area (Å²) in [7, 11) is 0. The average molecular weight is 173 g/mol. The Morgan fingerprint density at radius 1 is 1.50 bits per heavy atom. The molecule has 0 heterocycles. The van der Waals surface area contributed by atoms with E-state index >= 15 is 0 Å². The summed E-state index contributed by atoms with van der Waals surface area (Å²) in [5, 5.41) is 9.78. The van der Waals surface area contributed by atoms with E-state index < -0.39 is 16.5 Å². The maximum atomic E-state index is 10.7. The number of ether oxygens (including phenoxy) is 1. The highest BCUT2D eigenvalue weighted by Gasteiger charge is 2.14. The smallest absolute Gasteiger partial charge is 0.337 e. The maximum Gasteiger partial charge on any atom is 0.337 e. The molecule has 0 radical (unpaired) electrons. The topological polar surface area (TPSA) is 69.4 Å². The van der Waals surface area contributed by atoms with Crippen molar-refractivity contribution in [3.8, 4) is 0 Å². The van der Waals surface area contributed by atoms with Gasteiger partial charge in [0.1, 0.15) is 5.60 Å². The highest BCUT2D eigenvalue weighted by atomic mass is 16.6. The molecule has 68 valence electrons. The fraction of sp³-hybridized carbons (Fsp3) is 0.571. The monoisotopic (exact) mass is 173 g/mol. The molecule has 0 saturated carbocycles. The number of hydrogen-bond acceptors (Lipinski definition) is 4. The molecule has 0 amide bonds. The minimum Gasteiger partial charge on any atom is -0.457 e. The lowest BCUT2D eigenvalue weighted by molar-refractivity contribution is -0.402. The molecule has 0 fully saturated rings. The Morgan fingerprint density at radius 2 is 2.00 bits per heavy atom. The Morgan fingerprint density at radius 3 is 2.33 bits per heavy atom. The number of carbonyl (C=O) groups excluding carboxylic acids is 1. The molecule has 0 aromatic carbocycles. The second-order valence-corrected chi connectivity index (χ2v) is 3.13. The molecular formula is C7H11NO4. The van der Waals surface area contributed by atoms with E-state index in [9.17, 15) is 14.9 Å². The molecule has 0 atom stereocenters. The van der Waals surface area contributed by atoms with Gasteiger partial charge in [0.15, 0.2) is 0 Å². The Balaban J connectivity index is 3.99. The van der Waals surface area contributed by atoms with Crippen LogP contribution in [0.1, 0.15) is 20.8 Å². The Kier molecular flexibility index (Phi) is 3.40. The van der Waals surface area contributed by atoms with Gasteiger partial charge in [0.05, 0.1) is 11.0 Å². The summed E-state index contributed by atoms with van der Waals surface area (Å²) in [5.74, 6) is -0.709. The number of nitro groups is 1. The van der Waals surface area contributed by atoms with Crippen LogP contribution < -0.4 is 0 Å². The van der Waals surface area contributed by atoms with Crippen LogP contribution in [-0.2, 0) is 9.53 Å². The van der Waals surface area contributed by atoms with Crippen LogP contribution in [0, 0.1) is 10.1 Å². The van der Waals surface area contributed by atoms with Crippen molar-refractivity contribution in [1.29, 1.82) is 0 Å². The van der Waals surface area contributed by atoms with E-state index in [1.165, 1.54) is 0 Å². The van der Waals surface area contributed by atoms with Crippen LogP contribution in [-0.4, -0.2) is 16.5 Å². The first kappa shape index (κ1) is 10.6. The number of carbonyl (C=O) groups is 1. The van der Waals surface area contributed by atoms with Gasteiger partial charge in [-0.2, -0.15) is 0 Å². The molecule has 0 aliphatic rings. The molecule has 0 aromatic rings. The third-order valence-corrected chi connectivity index (χ3v) is 0.739. The number of rotatable bonds is 2. The normalized spacial score (nSPS) is 11.6. The molecule has 5 nitrogen and oxygen atoms in total. The van der Waals surface area contributed by atoms with Crippen LogP contribution in [0.5, 0.6) is 0 Å². The molecule has 0 aromatic heterocycles. The molecular weight excluding hydrogens is 162 g/mol. The Bertz CT molecular complexity index is 214. The molecule has 5 heteroatoms. The summed E-state index contributed by atoms with van der Waals surface area (Å²) in [6.45, 7) is 5.06. The summed E-state index contributed by atoms with van der Waals surface area (Å²) in [4.78, 5) is 19.8. The zero-order chi connectivity index (χ0) is 9.78. The number of esters is 1. The van der Waals surface area contributed by atoms with Gasteiger partial charge in [0, 0.05) is 0 Å². The van der Waals surface area contributed by atoms with E-state index in [0.717, 1.165) is 6.08 Å². The summed E-state index contributed by atoms with van der Waals surface area (Å²) in [6, 6.07) is 0. The van der Waals surface area contributed by atoms with Crippen molar-refractivity contribution in [2.75, 3.05) is 0 Å². The maximum absolute atomic E-state index is 10.7. The Hall–Kier alpha value is -1.39. The van der Waals surface area contributed by atoms with Gasteiger partial charge in [-0.3, -0.25) is 10.1 Å². The quantitative estimate of drug-likeness (QED) is 0.271. The lowest BCUT2D eigenvalue weighted by Crippen LogP contribution is -2.22. The van der Waals surface area contributed by atoms with Crippen molar-refractivity contribution in [3.05, 3.63) is 22.4 Å². The zero-order valence-electron chi connectivity index (χ0n) is 7.23. The first-order valence-corrected chi connectivity index (χ1v) is 3.36. The predicted octanol–water partition coefficient (Wildman–Crippen LogP) is 1.12. The van der Waals surface area contributed by atoms with Gasteiger partial charge in [-0.25, -0.2) is 4.79 Å². The van der Waals surface area contributed by atoms with Crippen LogP contribution in [0.2, 0.25) is 0 Å². The van der Waals surface area contributed by atoms with Crippen LogP contribution in [0.25, 0.3) is 0 Å². The molecule has 0 bridgehead atoms. The minimum atomic E-state index is -0.718. The fourth-order valence-electron chi connectivity index (χ4n) is 0.458. The van der Waals surface area contributed by atoms with Crippen LogP contribution in [0.15, 0.2) is 12.3 Å². The third kappa shape index (κ3) is 6.73. The molecule has 0 aliphatic carbocycles. The molecule has 0 saturated heterocycles. The van der Waals surface area contributed by atoms with E-state index in [4.69, 9.17) is 4.74 Å². The van der Waals surface area contributed by atoms with Gasteiger partial charge >= 0.3 is 5.97 Å². The molecule has 0 rings (SSSR count). The second kappa shape index (κ2) is 3.85. The molecule has 0 aliphatic heterocycles. The van der Waals surface area contributed by atoms with Gasteiger partial charge in [0.25, 0.3) is 0 Å². The highest BCUT2D eigenvalue weighted by Crippen LogP contribution is 2.06. The van der Waals surface area contributed by atoms with Crippen LogP contribution in [0.4, 0.5) is 0 Å². The summed E-state index contributed by atoms with van der Waals surface area (Å²) in [6.07, 6.45) is 1.33. The highest BCUT2D eigenvalue weighted by molar-refractivity contribution is 5.81. The van der Waals surface area contributed by atoms with Crippen molar-refractivity contribution in [2.24, 2.45) is 0 Å². The average Bonchev–Trinajstić information content (AvgIpc) is 1.79. The van der Waals surface area contributed by atoms with Gasteiger partial charge < -0.3 is 4.74 Å². The second-order valence-electron chi connectivity index (χ2n) is 3.13. The molecule has 0 unspecified atom stereocenters. The number of nitrogens with zero attached hydrogens (tertiary/aromatic N) is 1. The Labute approximate surface area is 70.2 Å². The van der Waals surface area contributed by atoms with Crippen molar-refractivity contribution in [1.82, 2.24) is 0 Å². The summed E-state index contributed by atoms with van der Waals surface area (Å²) >= 11 is 0. The molecule has 0 spiro atoms. The predicted molar refractivity (Wildman–Crippen MR) is 42.0 cm³/mol.